The standard InChI is InChI=1S/C14H11BrClNO4/c1-20-14-7-9(17(18)19)5-6-13(14)21-12-4-2-3-11(16)10(12)8-15/h2-7H,8H2,1H3. The minimum absolute atomic E-state index is 0.0639. The van der Waals surface area contributed by atoms with E-state index in [1.807, 2.05) is 0 Å². The third kappa shape index (κ3) is 3.46. The molecule has 7 heteroatoms. The molecule has 2 aromatic carbocycles. The smallest absolute Gasteiger partial charge is 0.273 e. The molecule has 0 spiro atoms. The average molecular weight is 373 g/mol. The van der Waals surface area contributed by atoms with Crippen molar-refractivity contribution in [1.29, 1.82) is 0 Å². The van der Waals surface area contributed by atoms with Gasteiger partial charge in [-0.2, -0.15) is 0 Å². The Morgan fingerprint density at radius 3 is 2.62 bits per heavy atom. The molecule has 0 N–H and O–H groups in total. The summed E-state index contributed by atoms with van der Waals surface area (Å²) in [6, 6.07) is 9.46. The zero-order chi connectivity index (χ0) is 15.4. The molecule has 2 aromatic rings. The second-order valence-electron chi connectivity index (χ2n) is 4.04. The number of nitro benzene ring substituents is 1. The Balaban J connectivity index is 2.40. The molecule has 0 bridgehead atoms. The molecule has 0 amide bonds. The van der Waals surface area contributed by atoms with Crippen LogP contribution in [-0.2, 0) is 5.33 Å². The van der Waals surface area contributed by atoms with Crippen LogP contribution in [0.1, 0.15) is 5.56 Å². The van der Waals surface area contributed by atoms with Gasteiger partial charge in [-0.25, -0.2) is 0 Å². The van der Waals surface area contributed by atoms with Gasteiger partial charge in [-0.05, 0) is 18.2 Å². The summed E-state index contributed by atoms with van der Waals surface area (Å²) >= 11 is 9.46. The van der Waals surface area contributed by atoms with Crippen molar-refractivity contribution in [2.24, 2.45) is 0 Å². The molecule has 0 heterocycles. The molecule has 110 valence electrons. The zero-order valence-corrected chi connectivity index (χ0v) is 13.3. The highest BCUT2D eigenvalue weighted by Gasteiger charge is 2.15. The fraction of sp³-hybridized carbons (Fsp3) is 0.143. The second-order valence-corrected chi connectivity index (χ2v) is 5.01. The van der Waals surface area contributed by atoms with Gasteiger partial charge in [0.05, 0.1) is 18.1 Å². The Hall–Kier alpha value is -1.79. The summed E-state index contributed by atoms with van der Waals surface area (Å²) in [5.74, 6) is 1.23. The molecule has 0 saturated carbocycles. The molecular formula is C14H11BrClNO4. The van der Waals surface area contributed by atoms with E-state index < -0.39 is 4.92 Å². The topological polar surface area (TPSA) is 61.6 Å². The SMILES string of the molecule is COc1cc([N+](=O)[O-])ccc1Oc1cccc(Cl)c1CBr. The van der Waals surface area contributed by atoms with Crippen LogP contribution < -0.4 is 9.47 Å². The highest BCUT2D eigenvalue weighted by atomic mass is 79.9. The maximum Gasteiger partial charge on any atom is 0.273 e. The van der Waals surface area contributed by atoms with Crippen LogP contribution in [0.15, 0.2) is 36.4 Å². The number of hydrogen-bond acceptors (Lipinski definition) is 4. The number of alkyl halides is 1. The summed E-state index contributed by atoms with van der Waals surface area (Å²) in [6.45, 7) is 0. The average Bonchev–Trinajstić information content (AvgIpc) is 2.47. The predicted octanol–water partition coefficient (Wildman–Crippen LogP) is 4.94. The summed E-state index contributed by atoms with van der Waals surface area (Å²) < 4.78 is 10.9. The Morgan fingerprint density at radius 2 is 2.00 bits per heavy atom. The van der Waals surface area contributed by atoms with E-state index in [4.69, 9.17) is 21.1 Å². The van der Waals surface area contributed by atoms with Crippen LogP contribution in [0.25, 0.3) is 0 Å². The molecule has 21 heavy (non-hydrogen) atoms. The number of hydrogen-bond donors (Lipinski definition) is 0. The number of nitrogens with zero attached hydrogens (tertiary/aromatic N) is 1. The second kappa shape index (κ2) is 6.78. The van der Waals surface area contributed by atoms with E-state index in [2.05, 4.69) is 15.9 Å². The van der Waals surface area contributed by atoms with Crippen LogP contribution in [0.4, 0.5) is 5.69 Å². The zero-order valence-electron chi connectivity index (χ0n) is 11.0. The minimum Gasteiger partial charge on any atom is -0.493 e. The molecule has 0 fully saturated rings. The van der Waals surface area contributed by atoms with Crippen LogP contribution in [0.3, 0.4) is 0 Å². The third-order valence-electron chi connectivity index (χ3n) is 2.79. The fourth-order valence-corrected chi connectivity index (χ4v) is 2.71. The van der Waals surface area contributed by atoms with Crippen molar-refractivity contribution in [3.8, 4) is 17.2 Å². The molecule has 0 aromatic heterocycles. The van der Waals surface area contributed by atoms with Crippen LogP contribution >= 0.6 is 27.5 Å². The monoisotopic (exact) mass is 371 g/mol. The molecule has 0 saturated heterocycles. The van der Waals surface area contributed by atoms with Crippen LogP contribution in [-0.4, -0.2) is 12.0 Å². The first-order chi connectivity index (χ1) is 10.1. The van der Waals surface area contributed by atoms with Gasteiger partial charge < -0.3 is 9.47 Å². The van der Waals surface area contributed by atoms with Crippen molar-refractivity contribution in [3.05, 3.63) is 57.1 Å². The van der Waals surface area contributed by atoms with Crippen molar-refractivity contribution in [2.45, 2.75) is 5.33 Å². The number of ether oxygens (including phenoxy) is 2. The van der Waals surface area contributed by atoms with Crippen molar-refractivity contribution >= 4 is 33.2 Å². The summed E-state index contributed by atoms with van der Waals surface area (Å²) in [5, 5.41) is 11.9. The maximum atomic E-state index is 10.8. The fourth-order valence-electron chi connectivity index (χ4n) is 1.74. The molecule has 0 atom stereocenters. The number of rotatable bonds is 5. The Labute approximate surface area is 134 Å². The van der Waals surface area contributed by atoms with Gasteiger partial charge >= 0.3 is 0 Å². The molecule has 0 aliphatic carbocycles. The third-order valence-corrected chi connectivity index (χ3v) is 3.70. The molecule has 0 radical (unpaired) electrons. The van der Waals surface area contributed by atoms with Crippen molar-refractivity contribution in [3.63, 3.8) is 0 Å². The number of nitro groups is 1. The van der Waals surface area contributed by atoms with Gasteiger partial charge in [0.25, 0.3) is 5.69 Å². The molecule has 5 nitrogen and oxygen atoms in total. The minimum atomic E-state index is -0.490. The summed E-state index contributed by atoms with van der Waals surface area (Å²) in [4.78, 5) is 10.3. The maximum absolute atomic E-state index is 10.8. The van der Waals surface area contributed by atoms with Crippen molar-refractivity contribution in [2.75, 3.05) is 7.11 Å². The lowest BCUT2D eigenvalue weighted by molar-refractivity contribution is -0.384. The first-order valence-electron chi connectivity index (χ1n) is 5.90. The summed E-state index contributed by atoms with van der Waals surface area (Å²) in [7, 11) is 1.43. The number of non-ortho nitro benzene ring substituents is 1. The highest BCUT2D eigenvalue weighted by Crippen LogP contribution is 2.37. The quantitative estimate of drug-likeness (QED) is 0.423. The van der Waals surface area contributed by atoms with Gasteiger partial charge in [-0.1, -0.05) is 33.6 Å². The number of methoxy groups -OCH3 is 1. The largest absolute Gasteiger partial charge is 0.493 e. The van der Waals surface area contributed by atoms with Gasteiger partial charge in [-0.15, -0.1) is 0 Å². The Morgan fingerprint density at radius 1 is 1.24 bits per heavy atom. The van der Waals surface area contributed by atoms with E-state index in [1.165, 1.54) is 25.3 Å². The van der Waals surface area contributed by atoms with E-state index >= 15 is 0 Å². The number of benzene rings is 2. The summed E-state index contributed by atoms with van der Waals surface area (Å²) in [6.07, 6.45) is 0. The number of halogens is 2. The van der Waals surface area contributed by atoms with E-state index in [1.54, 1.807) is 18.2 Å². The molecule has 0 unspecified atom stereocenters. The van der Waals surface area contributed by atoms with Crippen molar-refractivity contribution in [1.82, 2.24) is 0 Å². The van der Waals surface area contributed by atoms with E-state index in [0.717, 1.165) is 5.56 Å². The van der Waals surface area contributed by atoms with Gasteiger partial charge in [-0.3, -0.25) is 10.1 Å². The molecule has 0 aliphatic rings. The van der Waals surface area contributed by atoms with Crippen LogP contribution in [0.2, 0.25) is 5.02 Å². The first kappa shape index (κ1) is 15.6. The van der Waals surface area contributed by atoms with Gasteiger partial charge in [0.2, 0.25) is 0 Å². The Kier molecular flexibility index (Phi) is 5.03. The van der Waals surface area contributed by atoms with Gasteiger partial charge in [0.15, 0.2) is 11.5 Å². The predicted molar refractivity (Wildman–Crippen MR) is 83.8 cm³/mol. The molecule has 0 aliphatic heterocycles. The van der Waals surface area contributed by atoms with Gasteiger partial charge in [0, 0.05) is 22.0 Å². The lowest BCUT2D eigenvalue weighted by Gasteiger charge is -2.13. The highest BCUT2D eigenvalue weighted by molar-refractivity contribution is 9.08. The van der Waals surface area contributed by atoms with E-state index in [9.17, 15) is 10.1 Å². The lowest BCUT2D eigenvalue weighted by atomic mass is 10.2. The van der Waals surface area contributed by atoms with Crippen LogP contribution in [0, 0.1) is 10.1 Å². The first-order valence-corrected chi connectivity index (χ1v) is 7.40. The lowest BCUT2D eigenvalue weighted by Crippen LogP contribution is -1.95. The van der Waals surface area contributed by atoms with E-state index in [0.29, 0.717) is 21.9 Å². The van der Waals surface area contributed by atoms with Crippen molar-refractivity contribution < 1.29 is 14.4 Å². The van der Waals surface area contributed by atoms with Crippen LogP contribution in [0.5, 0.6) is 17.2 Å². The molecular weight excluding hydrogens is 362 g/mol. The van der Waals surface area contributed by atoms with E-state index in [-0.39, 0.29) is 11.4 Å². The Bertz CT molecular complexity index is 678. The normalized spacial score (nSPS) is 10.2. The summed E-state index contributed by atoms with van der Waals surface area (Å²) in [5.41, 5.74) is 0.727. The molecule has 2 rings (SSSR count). The van der Waals surface area contributed by atoms with Gasteiger partial charge in [0.1, 0.15) is 5.75 Å².